The zero-order valence-electron chi connectivity index (χ0n) is 9.02. The minimum atomic E-state index is -0.557. The Bertz CT molecular complexity index is 476. The largest absolute Gasteiger partial charge is 0.384 e. The average Bonchev–Trinajstić information content (AvgIpc) is 2.29. The summed E-state index contributed by atoms with van der Waals surface area (Å²) in [6.07, 6.45) is -0.557. The number of aliphatic hydroxyl groups excluding tert-OH is 1. The van der Waals surface area contributed by atoms with Crippen LogP contribution >= 0.6 is 15.9 Å². The smallest absolute Gasteiger partial charge is 0.104 e. The van der Waals surface area contributed by atoms with Crippen LogP contribution in [-0.2, 0) is 0 Å². The van der Waals surface area contributed by atoms with Gasteiger partial charge in [0.05, 0.1) is 0 Å². The number of aryl methyl sites for hydroxylation is 1. The Kier molecular flexibility index (Phi) is 3.42. The predicted octanol–water partition coefficient (Wildman–Crippen LogP) is 3.84. The maximum atomic E-state index is 10.2. The van der Waals surface area contributed by atoms with Crippen LogP contribution in [0.3, 0.4) is 0 Å². The standard InChI is InChI=1S/C14H13BrO/c1-10-5-7-11(8-6-10)14(16)12-3-2-4-13(15)9-12/h2-9,14,16H,1H3/t14-/m0/s1. The van der Waals surface area contributed by atoms with E-state index in [9.17, 15) is 5.11 Å². The first-order chi connectivity index (χ1) is 7.66. The van der Waals surface area contributed by atoms with E-state index in [0.717, 1.165) is 15.6 Å². The summed E-state index contributed by atoms with van der Waals surface area (Å²) in [6, 6.07) is 15.7. The van der Waals surface area contributed by atoms with Crippen molar-refractivity contribution in [1.82, 2.24) is 0 Å². The molecule has 0 saturated carbocycles. The molecule has 16 heavy (non-hydrogen) atoms. The summed E-state index contributed by atoms with van der Waals surface area (Å²) in [5, 5.41) is 10.2. The molecule has 2 heteroatoms. The molecular formula is C14H13BrO. The highest BCUT2D eigenvalue weighted by atomic mass is 79.9. The molecule has 0 aliphatic carbocycles. The quantitative estimate of drug-likeness (QED) is 0.884. The second kappa shape index (κ2) is 4.81. The Morgan fingerprint density at radius 3 is 2.31 bits per heavy atom. The summed E-state index contributed by atoms with van der Waals surface area (Å²) < 4.78 is 0.983. The van der Waals surface area contributed by atoms with Crippen molar-refractivity contribution in [3.05, 3.63) is 69.7 Å². The molecule has 82 valence electrons. The van der Waals surface area contributed by atoms with Gasteiger partial charge in [0, 0.05) is 4.47 Å². The topological polar surface area (TPSA) is 20.2 Å². The van der Waals surface area contributed by atoms with E-state index in [1.807, 2.05) is 55.5 Å². The van der Waals surface area contributed by atoms with Gasteiger partial charge in [0.15, 0.2) is 0 Å². The second-order valence-corrected chi connectivity index (χ2v) is 4.78. The van der Waals surface area contributed by atoms with Crippen LogP contribution in [0.2, 0.25) is 0 Å². The molecule has 0 fully saturated rings. The van der Waals surface area contributed by atoms with Gasteiger partial charge in [0.25, 0.3) is 0 Å². The van der Waals surface area contributed by atoms with E-state index in [-0.39, 0.29) is 0 Å². The van der Waals surface area contributed by atoms with Crippen LogP contribution < -0.4 is 0 Å². The molecule has 1 nitrogen and oxygen atoms in total. The number of benzene rings is 2. The minimum absolute atomic E-state index is 0.557. The second-order valence-electron chi connectivity index (χ2n) is 3.87. The molecule has 0 aliphatic heterocycles. The van der Waals surface area contributed by atoms with Crippen LogP contribution in [-0.4, -0.2) is 5.11 Å². The van der Waals surface area contributed by atoms with Gasteiger partial charge in [0.1, 0.15) is 6.10 Å². The maximum Gasteiger partial charge on any atom is 0.104 e. The van der Waals surface area contributed by atoms with Gasteiger partial charge in [-0.1, -0.05) is 57.9 Å². The van der Waals surface area contributed by atoms with Crippen LogP contribution in [0.1, 0.15) is 22.8 Å². The van der Waals surface area contributed by atoms with Crippen LogP contribution in [0.5, 0.6) is 0 Å². The zero-order chi connectivity index (χ0) is 11.5. The van der Waals surface area contributed by atoms with E-state index in [4.69, 9.17) is 0 Å². The third-order valence-corrected chi connectivity index (χ3v) is 3.05. The van der Waals surface area contributed by atoms with Gasteiger partial charge >= 0.3 is 0 Å². The Morgan fingerprint density at radius 1 is 1.00 bits per heavy atom. The highest BCUT2D eigenvalue weighted by Gasteiger charge is 2.09. The monoisotopic (exact) mass is 276 g/mol. The average molecular weight is 277 g/mol. The Morgan fingerprint density at radius 2 is 1.69 bits per heavy atom. The molecule has 0 amide bonds. The molecule has 0 aliphatic rings. The van der Waals surface area contributed by atoms with Gasteiger partial charge < -0.3 is 5.11 Å². The van der Waals surface area contributed by atoms with E-state index >= 15 is 0 Å². The summed E-state index contributed by atoms with van der Waals surface area (Å²) in [5.41, 5.74) is 3.02. The van der Waals surface area contributed by atoms with E-state index in [2.05, 4.69) is 15.9 Å². The predicted molar refractivity (Wildman–Crippen MR) is 69.4 cm³/mol. The fourth-order valence-corrected chi connectivity index (χ4v) is 2.03. The summed E-state index contributed by atoms with van der Waals surface area (Å²) >= 11 is 3.40. The van der Waals surface area contributed by atoms with Gasteiger partial charge in [-0.15, -0.1) is 0 Å². The molecule has 2 aromatic carbocycles. The van der Waals surface area contributed by atoms with Crippen molar-refractivity contribution in [2.45, 2.75) is 13.0 Å². The lowest BCUT2D eigenvalue weighted by molar-refractivity contribution is 0.220. The van der Waals surface area contributed by atoms with Crippen molar-refractivity contribution in [3.63, 3.8) is 0 Å². The molecule has 1 atom stereocenters. The third kappa shape index (κ3) is 2.52. The van der Waals surface area contributed by atoms with Gasteiger partial charge in [-0.3, -0.25) is 0 Å². The fraction of sp³-hybridized carbons (Fsp3) is 0.143. The molecule has 0 heterocycles. The van der Waals surface area contributed by atoms with Crippen molar-refractivity contribution in [2.75, 3.05) is 0 Å². The summed E-state index contributed by atoms with van der Waals surface area (Å²) in [5.74, 6) is 0. The van der Waals surface area contributed by atoms with E-state index < -0.39 is 6.10 Å². The third-order valence-electron chi connectivity index (χ3n) is 2.56. The van der Waals surface area contributed by atoms with Crippen LogP contribution in [0.4, 0.5) is 0 Å². The molecule has 0 saturated heterocycles. The molecule has 0 unspecified atom stereocenters. The lowest BCUT2D eigenvalue weighted by Gasteiger charge is -2.11. The first-order valence-electron chi connectivity index (χ1n) is 5.17. The zero-order valence-corrected chi connectivity index (χ0v) is 10.6. The highest BCUT2D eigenvalue weighted by Crippen LogP contribution is 2.24. The molecule has 1 N–H and O–H groups in total. The maximum absolute atomic E-state index is 10.2. The highest BCUT2D eigenvalue weighted by molar-refractivity contribution is 9.10. The van der Waals surface area contributed by atoms with Gasteiger partial charge in [-0.2, -0.15) is 0 Å². The van der Waals surface area contributed by atoms with E-state index in [0.29, 0.717) is 0 Å². The van der Waals surface area contributed by atoms with Crippen LogP contribution in [0, 0.1) is 6.92 Å². The van der Waals surface area contributed by atoms with E-state index in [1.54, 1.807) is 0 Å². The SMILES string of the molecule is Cc1ccc([C@H](O)c2cccc(Br)c2)cc1. The molecule has 2 aromatic rings. The van der Waals surface area contributed by atoms with Crippen molar-refractivity contribution in [3.8, 4) is 0 Å². The van der Waals surface area contributed by atoms with Crippen LogP contribution in [0.15, 0.2) is 53.0 Å². The lowest BCUT2D eigenvalue weighted by atomic mass is 10.0. The Labute approximate surface area is 104 Å². The molecular weight excluding hydrogens is 264 g/mol. The molecule has 0 radical (unpaired) electrons. The normalized spacial score (nSPS) is 12.4. The number of hydrogen-bond donors (Lipinski definition) is 1. The summed E-state index contributed by atoms with van der Waals surface area (Å²) in [6.45, 7) is 2.04. The van der Waals surface area contributed by atoms with Crippen molar-refractivity contribution < 1.29 is 5.11 Å². The number of hydrogen-bond acceptors (Lipinski definition) is 1. The molecule has 0 spiro atoms. The molecule has 2 rings (SSSR count). The summed E-state index contributed by atoms with van der Waals surface area (Å²) in [4.78, 5) is 0. The lowest BCUT2D eigenvalue weighted by Crippen LogP contribution is -1.99. The van der Waals surface area contributed by atoms with Crippen molar-refractivity contribution in [1.29, 1.82) is 0 Å². The molecule has 0 bridgehead atoms. The van der Waals surface area contributed by atoms with Crippen molar-refractivity contribution >= 4 is 15.9 Å². The van der Waals surface area contributed by atoms with Gasteiger partial charge in [-0.05, 0) is 30.2 Å². The summed E-state index contributed by atoms with van der Waals surface area (Å²) in [7, 11) is 0. The van der Waals surface area contributed by atoms with E-state index in [1.165, 1.54) is 5.56 Å². The number of aliphatic hydroxyl groups is 1. The Hall–Kier alpha value is -1.12. The van der Waals surface area contributed by atoms with Gasteiger partial charge in [-0.25, -0.2) is 0 Å². The minimum Gasteiger partial charge on any atom is -0.384 e. The fourth-order valence-electron chi connectivity index (χ4n) is 1.62. The molecule has 0 aromatic heterocycles. The number of halogens is 1. The first-order valence-corrected chi connectivity index (χ1v) is 5.96. The Balaban J connectivity index is 2.31. The van der Waals surface area contributed by atoms with Gasteiger partial charge in [0.2, 0.25) is 0 Å². The van der Waals surface area contributed by atoms with Crippen LogP contribution in [0.25, 0.3) is 0 Å². The van der Waals surface area contributed by atoms with Crippen molar-refractivity contribution in [2.24, 2.45) is 0 Å². The first kappa shape index (κ1) is 11.4. The number of rotatable bonds is 2.